The minimum Gasteiger partial charge on any atom is -0.478 e. The van der Waals surface area contributed by atoms with E-state index in [1.54, 1.807) is 0 Å². The predicted octanol–water partition coefficient (Wildman–Crippen LogP) is 2.00. The highest BCUT2D eigenvalue weighted by atomic mass is 32.2. The topological polar surface area (TPSA) is 129 Å². The van der Waals surface area contributed by atoms with E-state index in [1.165, 1.54) is 24.3 Å². The molecule has 0 unspecified atom stereocenters. The summed E-state index contributed by atoms with van der Waals surface area (Å²) in [6.07, 6.45) is 0. The molecule has 0 aromatic heterocycles. The first-order valence-corrected chi connectivity index (χ1v) is 7.32. The van der Waals surface area contributed by atoms with Crippen LogP contribution in [-0.4, -0.2) is 35.1 Å². The molecule has 0 saturated carbocycles. The second-order valence-electron chi connectivity index (χ2n) is 4.37. The number of hydrogen-bond donors (Lipinski definition) is 3. The maximum Gasteiger partial charge on any atom is 0.336 e. The zero-order chi connectivity index (χ0) is 16.5. The summed E-state index contributed by atoms with van der Waals surface area (Å²) < 4.78 is 30.8. The maximum absolute atomic E-state index is 11.1. The molecule has 0 atom stereocenters. The minimum atomic E-state index is -4.31. The van der Waals surface area contributed by atoms with Gasteiger partial charge in [-0.3, -0.25) is 4.55 Å². The van der Waals surface area contributed by atoms with Crippen molar-refractivity contribution in [1.29, 1.82) is 0 Å². The van der Waals surface area contributed by atoms with Crippen LogP contribution in [0.25, 0.3) is 11.1 Å². The van der Waals surface area contributed by atoms with Gasteiger partial charge in [0, 0.05) is 0 Å². The van der Waals surface area contributed by atoms with E-state index in [9.17, 15) is 18.0 Å². The largest absolute Gasteiger partial charge is 0.478 e. The van der Waals surface area contributed by atoms with Crippen LogP contribution >= 0.6 is 0 Å². The molecule has 0 spiro atoms. The Morgan fingerprint density at radius 3 is 1.73 bits per heavy atom. The number of benzene rings is 2. The van der Waals surface area contributed by atoms with Crippen LogP contribution in [0, 0.1) is 0 Å². The lowest BCUT2D eigenvalue weighted by Crippen LogP contribution is -2.08. The van der Waals surface area contributed by atoms with E-state index in [1.807, 2.05) is 0 Å². The molecule has 0 bridgehead atoms. The summed E-state index contributed by atoms with van der Waals surface area (Å²) in [6.45, 7) is 0. The summed E-state index contributed by atoms with van der Waals surface area (Å²) in [4.78, 5) is 21.8. The van der Waals surface area contributed by atoms with Crippen molar-refractivity contribution in [3.8, 4) is 11.1 Å². The molecule has 0 heterocycles. The van der Waals surface area contributed by atoms with E-state index in [0.29, 0.717) is 11.1 Å². The van der Waals surface area contributed by atoms with Gasteiger partial charge in [-0.25, -0.2) is 9.59 Å². The molecule has 0 aliphatic heterocycles. The fourth-order valence-corrected chi connectivity index (χ4v) is 2.39. The molecule has 2 aromatic rings. The highest BCUT2D eigenvalue weighted by molar-refractivity contribution is 7.85. The lowest BCUT2D eigenvalue weighted by Gasteiger charge is -2.07. The molecule has 0 fully saturated rings. The lowest BCUT2D eigenvalue weighted by molar-refractivity contribution is 0.0651. The maximum atomic E-state index is 11.1. The molecule has 8 heteroatoms. The molecule has 3 N–H and O–H groups in total. The van der Waals surface area contributed by atoms with Crippen LogP contribution in [0.1, 0.15) is 20.7 Å². The summed E-state index contributed by atoms with van der Waals surface area (Å²) in [5.41, 5.74) is 0.172. The lowest BCUT2D eigenvalue weighted by atomic mass is 9.99. The van der Waals surface area contributed by atoms with Gasteiger partial charge in [0.05, 0.1) is 16.0 Å². The monoisotopic (exact) mass is 322 g/mol. The van der Waals surface area contributed by atoms with E-state index >= 15 is 0 Å². The Bertz CT molecular complexity index is 851. The van der Waals surface area contributed by atoms with Crippen molar-refractivity contribution in [3.63, 3.8) is 0 Å². The van der Waals surface area contributed by atoms with E-state index < -0.39 is 22.1 Å². The molecule has 2 rings (SSSR count). The van der Waals surface area contributed by atoms with Crippen molar-refractivity contribution < 1.29 is 32.8 Å². The number of carbonyl (C=O) groups is 2. The van der Waals surface area contributed by atoms with Crippen LogP contribution in [0.2, 0.25) is 0 Å². The van der Waals surface area contributed by atoms with Gasteiger partial charge in [0.15, 0.2) is 0 Å². The highest BCUT2D eigenvalue weighted by Crippen LogP contribution is 2.24. The zero-order valence-electron chi connectivity index (χ0n) is 10.9. The summed E-state index contributed by atoms with van der Waals surface area (Å²) in [6, 6.07) is 8.85. The number of carboxylic acid groups (broad SMARTS) is 2. The van der Waals surface area contributed by atoms with Gasteiger partial charge in [-0.1, -0.05) is 18.2 Å². The third-order valence-corrected chi connectivity index (χ3v) is 3.83. The minimum absolute atomic E-state index is 0.295. The molecule has 0 aliphatic rings. The van der Waals surface area contributed by atoms with Gasteiger partial charge in [0.1, 0.15) is 0 Å². The molecule has 2 aromatic carbocycles. The van der Waals surface area contributed by atoms with Gasteiger partial charge in [0.25, 0.3) is 10.1 Å². The van der Waals surface area contributed by atoms with E-state index in [4.69, 9.17) is 14.8 Å². The summed E-state index contributed by atoms with van der Waals surface area (Å²) in [7, 11) is -4.31. The zero-order valence-corrected chi connectivity index (χ0v) is 11.7. The third-order valence-electron chi connectivity index (χ3n) is 2.97. The van der Waals surface area contributed by atoms with Crippen molar-refractivity contribution in [2.75, 3.05) is 0 Å². The van der Waals surface area contributed by atoms with Gasteiger partial charge in [-0.15, -0.1) is 0 Å². The molecule has 0 aliphatic carbocycles. The first-order chi connectivity index (χ1) is 10.2. The second kappa shape index (κ2) is 5.58. The number of carboxylic acids is 2. The Kier molecular flexibility index (Phi) is 3.98. The van der Waals surface area contributed by atoms with E-state index in [2.05, 4.69) is 0 Å². The van der Waals surface area contributed by atoms with E-state index in [0.717, 1.165) is 18.2 Å². The highest BCUT2D eigenvalue weighted by Gasteiger charge is 2.17. The molecular weight excluding hydrogens is 312 g/mol. The fourth-order valence-electron chi connectivity index (χ4n) is 1.91. The quantitative estimate of drug-likeness (QED) is 0.734. The van der Waals surface area contributed by atoms with Crippen LogP contribution < -0.4 is 0 Å². The summed E-state index contributed by atoms with van der Waals surface area (Å²) in [5, 5.41) is 18.0. The number of aromatic carboxylic acids is 2. The Morgan fingerprint density at radius 2 is 1.27 bits per heavy atom. The first kappa shape index (κ1) is 15.7. The molecule has 0 saturated heterocycles. The van der Waals surface area contributed by atoms with Gasteiger partial charge in [-0.2, -0.15) is 8.42 Å². The SMILES string of the molecule is O=C(O)c1ccc(-c2ccc(S(=O)(=O)O)cc2)cc1C(=O)O. The standard InChI is InChI=1S/C14H10O7S/c15-13(16)11-6-3-9(7-12(11)14(17)18)8-1-4-10(5-2-8)22(19,20)21/h1-7H,(H,15,16)(H,17,18)(H,19,20,21). The summed E-state index contributed by atoms with van der Waals surface area (Å²) in [5.74, 6) is -2.74. The smallest absolute Gasteiger partial charge is 0.336 e. The van der Waals surface area contributed by atoms with Crippen molar-refractivity contribution in [2.24, 2.45) is 0 Å². The molecule has 0 radical (unpaired) electrons. The average molecular weight is 322 g/mol. The van der Waals surface area contributed by atoms with Crippen molar-refractivity contribution in [1.82, 2.24) is 0 Å². The molecule has 22 heavy (non-hydrogen) atoms. The van der Waals surface area contributed by atoms with E-state index in [-0.39, 0.29) is 16.0 Å². The van der Waals surface area contributed by atoms with Crippen LogP contribution in [0.5, 0.6) is 0 Å². The number of hydrogen-bond acceptors (Lipinski definition) is 4. The Labute approximate surface area is 125 Å². The van der Waals surface area contributed by atoms with Crippen LogP contribution in [-0.2, 0) is 10.1 Å². The fraction of sp³-hybridized carbons (Fsp3) is 0. The van der Waals surface area contributed by atoms with Crippen LogP contribution in [0.3, 0.4) is 0 Å². The van der Waals surface area contributed by atoms with Gasteiger partial charge >= 0.3 is 11.9 Å². The first-order valence-electron chi connectivity index (χ1n) is 5.88. The third kappa shape index (κ3) is 3.13. The summed E-state index contributed by atoms with van der Waals surface area (Å²) >= 11 is 0. The van der Waals surface area contributed by atoms with Crippen molar-refractivity contribution in [3.05, 3.63) is 53.6 Å². The molecule has 0 amide bonds. The molecular formula is C14H10O7S. The Morgan fingerprint density at radius 1 is 0.773 bits per heavy atom. The van der Waals surface area contributed by atoms with Crippen LogP contribution in [0.4, 0.5) is 0 Å². The molecule has 7 nitrogen and oxygen atoms in total. The van der Waals surface area contributed by atoms with Crippen molar-refractivity contribution in [2.45, 2.75) is 4.90 Å². The van der Waals surface area contributed by atoms with Gasteiger partial charge in [0.2, 0.25) is 0 Å². The Balaban J connectivity index is 2.52. The Hall–Kier alpha value is -2.71. The van der Waals surface area contributed by atoms with Gasteiger partial charge < -0.3 is 10.2 Å². The van der Waals surface area contributed by atoms with Gasteiger partial charge in [-0.05, 0) is 35.4 Å². The second-order valence-corrected chi connectivity index (χ2v) is 5.79. The normalized spacial score (nSPS) is 11.1. The van der Waals surface area contributed by atoms with Crippen LogP contribution in [0.15, 0.2) is 47.4 Å². The predicted molar refractivity (Wildman–Crippen MR) is 75.6 cm³/mol. The van der Waals surface area contributed by atoms with Crippen molar-refractivity contribution >= 4 is 22.1 Å². The number of rotatable bonds is 4. The average Bonchev–Trinajstić information content (AvgIpc) is 2.45. The molecule has 114 valence electrons.